The molecule has 0 aliphatic rings. The zero-order valence-electron chi connectivity index (χ0n) is 11.5. The van der Waals surface area contributed by atoms with E-state index in [2.05, 4.69) is 0 Å². The molecule has 0 aliphatic carbocycles. The van der Waals surface area contributed by atoms with E-state index < -0.39 is 24.5 Å². The molecule has 0 radical (unpaired) electrons. The predicted molar refractivity (Wildman–Crippen MR) is 78.9 cm³/mol. The van der Waals surface area contributed by atoms with Crippen molar-refractivity contribution in [1.29, 1.82) is 0 Å². The molecule has 1 rings (SSSR count). The van der Waals surface area contributed by atoms with Gasteiger partial charge < -0.3 is 13.2 Å². The molecule has 1 atom stereocenters. The summed E-state index contributed by atoms with van der Waals surface area (Å²) >= 11 is 0. The van der Waals surface area contributed by atoms with Gasteiger partial charge in [0.1, 0.15) is 0 Å². The van der Waals surface area contributed by atoms with Gasteiger partial charge in [0.25, 0.3) is 0 Å². The van der Waals surface area contributed by atoms with Crippen molar-refractivity contribution in [2.75, 3.05) is 0 Å². The minimum Gasteiger partial charge on any atom is -0.411 e. The minimum atomic E-state index is -3.44. The van der Waals surface area contributed by atoms with E-state index in [4.69, 9.17) is 8.43 Å². The topological polar surface area (TPSA) is 55.8 Å². The maximum absolute atomic E-state index is 12.9. The molecule has 4 nitrogen and oxygen atoms in total. The maximum atomic E-state index is 12.9. The van der Waals surface area contributed by atoms with Gasteiger partial charge in [-0.1, -0.05) is 18.2 Å². The largest absolute Gasteiger partial charge is 0.411 e. The quantitative estimate of drug-likeness (QED) is 0.671. The van der Waals surface area contributed by atoms with Crippen LogP contribution in [0, 0.1) is 0 Å². The Morgan fingerprint density at radius 2 is 1.50 bits per heavy atom. The number of hydrogen-bond acceptors (Lipinski definition) is 4. The Labute approximate surface area is 111 Å². The third kappa shape index (κ3) is 5.18. The van der Waals surface area contributed by atoms with Crippen LogP contribution < -0.4 is 5.30 Å². The molecule has 1 aromatic carbocycles. The summed E-state index contributed by atoms with van der Waals surface area (Å²) in [6.07, 6.45) is 0. The van der Waals surface area contributed by atoms with Crippen molar-refractivity contribution in [2.24, 2.45) is 0 Å². The van der Waals surface area contributed by atoms with Gasteiger partial charge >= 0.3 is 16.2 Å². The lowest BCUT2D eigenvalue weighted by molar-refractivity contribution is 0.341. The van der Waals surface area contributed by atoms with Crippen LogP contribution in [0.5, 0.6) is 0 Å². The van der Waals surface area contributed by atoms with E-state index in [-0.39, 0.29) is 0 Å². The summed E-state index contributed by atoms with van der Waals surface area (Å²) in [5, 5.41) is 0.502. The van der Waals surface area contributed by atoms with Crippen molar-refractivity contribution in [1.82, 2.24) is 0 Å². The zero-order valence-corrected chi connectivity index (χ0v) is 14.4. The third-order valence-electron chi connectivity index (χ3n) is 1.81. The lowest BCUT2D eigenvalue weighted by Crippen LogP contribution is -2.35. The molecule has 0 saturated heterocycles. The highest BCUT2D eigenvalue weighted by Gasteiger charge is 2.39. The fourth-order valence-electron chi connectivity index (χ4n) is 1.39. The van der Waals surface area contributed by atoms with E-state index >= 15 is 0 Å². The van der Waals surface area contributed by atoms with Crippen LogP contribution in [0.15, 0.2) is 30.3 Å². The highest BCUT2D eigenvalue weighted by atomic mass is 31.2. The summed E-state index contributed by atoms with van der Waals surface area (Å²) in [5.41, 5.74) is 0. The van der Waals surface area contributed by atoms with E-state index in [0.29, 0.717) is 5.30 Å². The van der Waals surface area contributed by atoms with Crippen LogP contribution in [0.3, 0.4) is 0 Å². The molecule has 1 N–H and O–H groups in total. The first-order valence-electron chi connectivity index (χ1n) is 5.81. The van der Waals surface area contributed by atoms with Crippen LogP contribution in [0.4, 0.5) is 0 Å². The lowest BCUT2D eigenvalue weighted by atomic mass is 10.4. The molecule has 102 valence electrons. The van der Waals surface area contributed by atoms with Gasteiger partial charge in [-0.3, -0.25) is 4.57 Å². The molecule has 0 amide bonds. The van der Waals surface area contributed by atoms with Gasteiger partial charge in [0.05, 0.1) is 5.30 Å². The van der Waals surface area contributed by atoms with Gasteiger partial charge in [-0.25, -0.2) is 0 Å². The minimum absolute atomic E-state index is 0.502. The first-order valence-corrected chi connectivity index (χ1v) is 13.6. The molecule has 1 unspecified atom stereocenters. The van der Waals surface area contributed by atoms with Crippen molar-refractivity contribution in [3.63, 3.8) is 0 Å². The second kappa shape index (κ2) is 5.40. The Balaban J connectivity index is 3.14. The number of hydrogen-bond donors (Lipinski definition) is 1. The maximum Gasteiger partial charge on any atom is 0.343 e. The Kier molecular flexibility index (Phi) is 4.75. The first-order chi connectivity index (χ1) is 8.02. The molecule has 18 heavy (non-hydrogen) atoms. The van der Waals surface area contributed by atoms with Crippen molar-refractivity contribution >= 4 is 29.8 Å². The van der Waals surface area contributed by atoms with E-state index in [1.165, 1.54) is 0 Å². The molecule has 0 fully saturated rings. The van der Waals surface area contributed by atoms with Gasteiger partial charge in [-0.2, -0.15) is 0 Å². The van der Waals surface area contributed by atoms with Crippen molar-refractivity contribution in [3.05, 3.63) is 30.3 Å². The molecular formula is C11H21O4PSi2. The molecular weight excluding hydrogens is 283 g/mol. The number of rotatable bonds is 5. The van der Waals surface area contributed by atoms with E-state index in [9.17, 15) is 9.36 Å². The van der Waals surface area contributed by atoms with Gasteiger partial charge in [0.15, 0.2) is 8.32 Å². The molecule has 0 aromatic heterocycles. The van der Waals surface area contributed by atoms with Crippen LogP contribution in [-0.4, -0.2) is 21.7 Å². The highest BCUT2D eigenvalue weighted by Crippen LogP contribution is 2.51. The standard InChI is InChI=1S/C11H21O4PSi2/c1-17(2,3)14-16(12,15-18(4,5)13)11-9-7-6-8-10-11/h6-10,13H,1-5H3. The van der Waals surface area contributed by atoms with Crippen LogP contribution in [0.2, 0.25) is 32.7 Å². The highest BCUT2D eigenvalue weighted by molar-refractivity contribution is 7.64. The molecule has 1 aromatic rings. The summed E-state index contributed by atoms with van der Waals surface area (Å²) in [6.45, 7) is 8.99. The van der Waals surface area contributed by atoms with E-state index in [1.807, 2.05) is 25.7 Å². The third-order valence-corrected chi connectivity index (χ3v) is 8.64. The SMILES string of the molecule is C[Si](C)(C)OP(=O)(O[Si](C)(C)O)c1ccccc1. The predicted octanol–water partition coefficient (Wildman–Crippen LogP) is 3.07. The second-order valence-corrected chi connectivity index (χ2v) is 15.7. The van der Waals surface area contributed by atoms with Gasteiger partial charge in [0.2, 0.25) is 0 Å². The number of benzene rings is 1. The first kappa shape index (κ1) is 15.8. The van der Waals surface area contributed by atoms with Crippen molar-refractivity contribution in [2.45, 2.75) is 32.7 Å². The normalized spacial score (nSPS) is 16.3. The lowest BCUT2D eigenvalue weighted by Gasteiger charge is -2.29. The second-order valence-electron chi connectivity index (χ2n) is 5.57. The van der Waals surface area contributed by atoms with E-state index in [0.717, 1.165) is 0 Å². The molecule has 0 heterocycles. The smallest absolute Gasteiger partial charge is 0.343 e. The Morgan fingerprint density at radius 3 is 1.89 bits per heavy atom. The van der Waals surface area contributed by atoms with Gasteiger partial charge in [-0.05, 0) is 44.9 Å². The van der Waals surface area contributed by atoms with Crippen molar-refractivity contribution in [3.8, 4) is 0 Å². The van der Waals surface area contributed by atoms with Gasteiger partial charge in [0, 0.05) is 0 Å². The Bertz CT molecular complexity index is 417. The van der Waals surface area contributed by atoms with E-state index in [1.54, 1.807) is 37.4 Å². The molecule has 0 bridgehead atoms. The summed E-state index contributed by atoms with van der Waals surface area (Å²) < 4.78 is 24.1. The average molecular weight is 304 g/mol. The van der Waals surface area contributed by atoms with Crippen LogP contribution in [-0.2, 0) is 13.0 Å². The van der Waals surface area contributed by atoms with Crippen LogP contribution >= 0.6 is 7.60 Å². The monoisotopic (exact) mass is 304 g/mol. The molecule has 7 heteroatoms. The summed E-state index contributed by atoms with van der Waals surface area (Å²) in [4.78, 5) is 9.89. The summed E-state index contributed by atoms with van der Waals surface area (Å²) in [6, 6.07) is 8.82. The van der Waals surface area contributed by atoms with Crippen molar-refractivity contribution < 1.29 is 17.8 Å². The molecule has 0 spiro atoms. The average Bonchev–Trinajstić information content (AvgIpc) is 2.13. The zero-order chi connectivity index (χ0) is 14.0. The summed E-state index contributed by atoms with van der Waals surface area (Å²) in [5.74, 6) is 0. The fraction of sp³-hybridized carbons (Fsp3) is 0.455. The van der Waals surface area contributed by atoms with Crippen LogP contribution in [0.25, 0.3) is 0 Å². The Morgan fingerprint density at radius 1 is 1.00 bits per heavy atom. The van der Waals surface area contributed by atoms with Gasteiger partial charge in [-0.15, -0.1) is 0 Å². The fourth-order valence-corrected chi connectivity index (χ4v) is 8.49. The molecule has 0 aliphatic heterocycles. The molecule has 0 saturated carbocycles. The summed E-state index contributed by atoms with van der Waals surface area (Å²) in [7, 11) is -8.43. The Hall–Kier alpha value is -0.236. The van der Waals surface area contributed by atoms with Crippen LogP contribution in [0.1, 0.15) is 0 Å².